The maximum Gasteiger partial charge on any atom is 0.326 e. The van der Waals surface area contributed by atoms with Gasteiger partial charge in [0, 0.05) is 12.0 Å². The van der Waals surface area contributed by atoms with Gasteiger partial charge in [-0.3, -0.25) is 4.79 Å². The molecule has 5 nitrogen and oxygen atoms in total. The van der Waals surface area contributed by atoms with Gasteiger partial charge in [-0.05, 0) is 31.4 Å². The summed E-state index contributed by atoms with van der Waals surface area (Å²) in [4.78, 5) is 27.1. The van der Waals surface area contributed by atoms with Crippen molar-refractivity contribution in [2.24, 2.45) is 0 Å². The molecule has 1 heterocycles. The Morgan fingerprint density at radius 2 is 2.26 bits per heavy atom. The van der Waals surface area contributed by atoms with Crippen LogP contribution in [0, 0.1) is 0 Å². The van der Waals surface area contributed by atoms with Gasteiger partial charge in [0.1, 0.15) is 11.9 Å². The van der Waals surface area contributed by atoms with Crippen LogP contribution in [0.2, 0.25) is 0 Å². The highest BCUT2D eigenvalue weighted by molar-refractivity contribution is 5.98. The molecular formula is C14H18N2O3. The summed E-state index contributed by atoms with van der Waals surface area (Å²) in [5.74, 6) is -0.213. The molecule has 0 amide bonds. The quantitative estimate of drug-likeness (QED) is 0.851. The predicted octanol–water partition coefficient (Wildman–Crippen LogP) is 2.27. The standard InChI is InChI=1S/C14H18N2O3/c1-2-4-11(14(18)19)16-13-8-7-9-10(15-13)5-3-6-12(9)17/h7-8,11H,2-6H2,1H3,(H,15,16)(H,18,19). The molecule has 0 saturated heterocycles. The Labute approximate surface area is 112 Å². The first-order valence-corrected chi connectivity index (χ1v) is 6.64. The number of rotatable bonds is 5. The predicted molar refractivity (Wildman–Crippen MR) is 71.5 cm³/mol. The molecule has 1 aliphatic carbocycles. The summed E-state index contributed by atoms with van der Waals surface area (Å²) >= 11 is 0. The zero-order chi connectivity index (χ0) is 13.8. The van der Waals surface area contributed by atoms with E-state index in [1.807, 2.05) is 6.92 Å². The minimum atomic E-state index is -0.877. The summed E-state index contributed by atoms with van der Waals surface area (Å²) < 4.78 is 0. The molecule has 0 spiro atoms. The second kappa shape index (κ2) is 5.82. The van der Waals surface area contributed by atoms with Gasteiger partial charge in [0.15, 0.2) is 5.78 Å². The molecule has 0 bridgehead atoms. The minimum Gasteiger partial charge on any atom is -0.480 e. The number of nitrogens with zero attached hydrogens (tertiary/aromatic N) is 1. The molecule has 1 aliphatic rings. The number of hydrogen-bond donors (Lipinski definition) is 2. The monoisotopic (exact) mass is 262 g/mol. The second-order valence-corrected chi connectivity index (χ2v) is 4.79. The van der Waals surface area contributed by atoms with Crippen molar-refractivity contribution in [3.8, 4) is 0 Å². The molecule has 0 fully saturated rings. The topological polar surface area (TPSA) is 79.3 Å². The van der Waals surface area contributed by atoms with Crippen LogP contribution in [0.3, 0.4) is 0 Å². The average molecular weight is 262 g/mol. The van der Waals surface area contributed by atoms with Crippen LogP contribution in [0.15, 0.2) is 12.1 Å². The number of nitrogens with one attached hydrogen (secondary N) is 1. The zero-order valence-corrected chi connectivity index (χ0v) is 11.0. The van der Waals surface area contributed by atoms with Gasteiger partial charge in [0.05, 0.1) is 5.69 Å². The molecule has 2 N–H and O–H groups in total. The zero-order valence-electron chi connectivity index (χ0n) is 11.0. The van der Waals surface area contributed by atoms with Crippen molar-refractivity contribution in [2.45, 2.75) is 45.1 Å². The number of carbonyl (C=O) groups excluding carboxylic acids is 1. The largest absolute Gasteiger partial charge is 0.480 e. The van der Waals surface area contributed by atoms with Crippen LogP contribution < -0.4 is 5.32 Å². The third-order valence-electron chi connectivity index (χ3n) is 3.29. The smallest absolute Gasteiger partial charge is 0.326 e. The molecule has 1 aromatic rings. The number of anilines is 1. The number of Topliss-reactive ketones (excluding diaryl/α,β-unsaturated/α-hetero) is 1. The lowest BCUT2D eigenvalue weighted by molar-refractivity contribution is -0.138. The Morgan fingerprint density at radius 1 is 1.47 bits per heavy atom. The number of hydrogen-bond acceptors (Lipinski definition) is 4. The van der Waals surface area contributed by atoms with Gasteiger partial charge in [-0.2, -0.15) is 0 Å². The number of carbonyl (C=O) groups is 2. The highest BCUT2D eigenvalue weighted by Crippen LogP contribution is 2.21. The summed E-state index contributed by atoms with van der Waals surface area (Å²) in [5.41, 5.74) is 1.46. The molecule has 19 heavy (non-hydrogen) atoms. The van der Waals surface area contributed by atoms with Crippen molar-refractivity contribution >= 4 is 17.6 Å². The normalized spacial score (nSPS) is 15.7. The third-order valence-corrected chi connectivity index (χ3v) is 3.29. The van der Waals surface area contributed by atoms with Gasteiger partial charge in [-0.15, -0.1) is 0 Å². The van der Waals surface area contributed by atoms with Crippen molar-refractivity contribution in [2.75, 3.05) is 5.32 Å². The number of pyridine rings is 1. The molecule has 5 heteroatoms. The molecule has 102 valence electrons. The van der Waals surface area contributed by atoms with E-state index in [1.54, 1.807) is 12.1 Å². The summed E-state index contributed by atoms with van der Waals surface area (Å²) in [6.45, 7) is 1.94. The molecule has 1 aromatic heterocycles. The van der Waals surface area contributed by atoms with E-state index in [0.29, 0.717) is 24.2 Å². The Morgan fingerprint density at radius 3 is 2.95 bits per heavy atom. The van der Waals surface area contributed by atoms with Gasteiger partial charge in [-0.1, -0.05) is 13.3 Å². The third kappa shape index (κ3) is 3.10. The number of fused-ring (bicyclic) bond motifs is 1. The van der Waals surface area contributed by atoms with Crippen molar-refractivity contribution in [1.29, 1.82) is 0 Å². The van der Waals surface area contributed by atoms with Gasteiger partial charge in [0.2, 0.25) is 0 Å². The fourth-order valence-electron chi connectivity index (χ4n) is 2.30. The Bertz CT molecular complexity index is 499. The Hall–Kier alpha value is -1.91. The van der Waals surface area contributed by atoms with Crippen LogP contribution in [-0.2, 0) is 11.2 Å². The van der Waals surface area contributed by atoms with Crippen molar-refractivity contribution < 1.29 is 14.7 Å². The fourth-order valence-corrected chi connectivity index (χ4v) is 2.30. The Kier molecular flexibility index (Phi) is 4.14. The first-order chi connectivity index (χ1) is 9.11. The van der Waals surface area contributed by atoms with Crippen molar-refractivity contribution in [3.05, 3.63) is 23.4 Å². The van der Waals surface area contributed by atoms with E-state index in [4.69, 9.17) is 5.11 Å². The summed E-state index contributed by atoms with van der Waals surface area (Å²) in [5, 5.41) is 12.0. The molecule has 0 aliphatic heterocycles. The van der Waals surface area contributed by atoms with E-state index >= 15 is 0 Å². The molecule has 1 unspecified atom stereocenters. The number of ketones is 1. The Balaban J connectivity index is 2.17. The molecule has 0 saturated carbocycles. The van der Waals surface area contributed by atoms with Crippen LogP contribution in [0.5, 0.6) is 0 Å². The first kappa shape index (κ1) is 13.5. The lowest BCUT2D eigenvalue weighted by Gasteiger charge is -2.18. The lowest BCUT2D eigenvalue weighted by Crippen LogP contribution is -2.29. The molecule has 0 aromatic carbocycles. The first-order valence-electron chi connectivity index (χ1n) is 6.64. The van der Waals surface area contributed by atoms with E-state index in [-0.39, 0.29) is 5.78 Å². The van der Waals surface area contributed by atoms with E-state index in [2.05, 4.69) is 10.3 Å². The van der Waals surface area contributed by atoms with E-state index in [0.717, 1.165) is 25.0 Å². The van der Waals surface area contributed by atoms with Crippen LogP contribution >= 0.6 is 0 Å². The van der Waals surface area contributed by atoms with Crippen LogP contribution in [0.1, 0.15) is 48.7 Å². The van der Waals surface area contributed by atoms with Crippen molar-refractivity contribution in [1.82, 2.24) is 4.98 Å². The van der Waals surface area contributed by atoms with Crippen molar-refractivity contribution in [3.63, 3.8) is 0 Å². The van der Waals surface area contributed by atoms with Gasteiger partial charge in [-0.25, -0.2) is 9.78 Å². The molecule has 0 radical (unpaired) electrons. The average Bonchev–Trinajstić information content (AvgIpc) is 2.38. The minimum absolute atomic E-state index is 0.128. The number of aryl methyl sites for hydroxylation is 1. The molecule has 1 atom stereocenters. The maximum absolute atomic E-state index is 11.7. The number of aliphatic carboxylic acids is 1. The molecule has 2 rings (SSSR count). The van der Waals surface area contributed by atoms with Gasteiger partial charge >= 0.3 is 5.97 Å². The highest BCUT2D eigenvalue weighted by Gasteiger charge is 2.20. The number of carboxylic acid groups (broad SMARTS) is 1. The van der Waals surface area contributed by atoms with E-state index in [1.165, 1.54) is 0 Å². The van der Waals surface area contributed by atoms with E-state index in [9.17, 15) is 9.59 Å². The molecular weight excluding hydrogens is 244 g/mol. The number of aromatic nitrogens is 1. The summed E-state index contributed by atoms with van der Waals surface area (Å²) in [6, 6.07) is 2.81. The lowest BCUT2D eigenvalue weighted by atomic mass is 9.95. The van der Waals surface area contributed by atoms with E-state index < -0.39 is 12.0 Å². The van der Waals surface area contributed by atoms with Gasteiger partial charge < -0.3 is 10.4 Å². The van der Waals surface area contributed by atoms with Crippen LogP contribution in [-0.4, -0.2) is 27.9 Å². The SMILES string of the molecule is CCCC(Nc1ccc2c(n1)CCCC2=O)C(=O)O. The van der Waals surface area contributed by atoms with Crippen LogP contribution in [0.4, 0.5) is 5.82 Å². The summed E-state index contributed by atoms with van der Waals surface area (Å²) in [7, 11) is 0. The highest BCUT2D eigenvalue weighted by atomic mass is 16.4. The summed E-state index contributed by atoms with van der Waals surface area (Å²) in [6.07, 6.45) is 3.51. The van der Waals surface area contributed by atoms with Gasteiger partial charge in [0.25, 0.3) is 0 Å². The maximum atomic E-state index is 11.7. The number of carboxylic acids is 1. The fraction of sp³-hybridized carbons (Fsp3) is 0.500. The second-order valence-electron chi connectivity index (χ2n) is 4.79. The van der Waals surface area contributed by atoms with Crippen LogP contribution in [0.25, 0.3) is 0 Å².